The summed E-state index contributed by atoms with van der Waals surface area (Å²) in [5.74, 6) is 0.551. The third-order valence-electron chi connectivity index (χ3n) is 3.62. The van der Waals surface area contributed by atoms with Gasteiger partial charge in [0.25, 0.3) is 0 Å². The van der Waals surface area contributed by atoms with Gasteiger partial charge in [-0.05, 0) is 32.2 Å². The van der Waals surface area contributed by atoms with Gasteiger partial charge in [-0.2, -0.15) is 0 Å². The number of hydrogen-bond acceptors (Lipinski definition) is 3. The Balaban J connectivity index is 2.06. The van der Waals surface area contributed by atoms with Crippen LogP contribution in [-0.2, 0) is 9.53 Å². The topological polar surface area (TPSA) is 38.3 Å². The Labute approximate surface area is 85.2 Å². The quantitative estimate of drug-likeness (QED) is 0.737. The highest BCUT2D eigenvalue weighted by Crippen LogP contribution is 2.29. The van der Waals surface area contributed by atoms with Crippen LogP contribution in [0.2, 0.25) is 0 Å². The second-order valence-electron chi connectivity index (χ2n) is 4.39. The molecule has 0 bridgehead atoms. The smallest absolute Gasteiger partial charge is 0.158 e. The van der Waals surface area contributed by atoms with Crippen LogP contribution in [0.4, 0.5) is 0 Å². The van der Waals surface area contributed by atoms with E-state index >= 15 is 0 Å². The third-order valence-corrected chi connectivity index (χ3v) is 3.62. The molecule has 3 heteroatoms. The van der Waals surface area contributed by atoms with Crippen molar-refractivity contribution in [2.45, 2.75) is 38.1 Å². The van der Waals surface area contributed by atoms with Gasteiger partial charge >= 0.3 is 0 Å². The standard InChI is InChI=1S/C11H19NO2/c1-2-11(5-3-6-12-11)10(13)9-4-7-14-8-9/h9,12H,2-8H2,1H3. The summed E-state index contributed by atoms with van der Waals surface area (Å²) in [6, 6.07) is 0. The molecular weight excluding hydrogens is 178 g/mol. The van der Waals surface area contributed by atoms with Gasteiger partial charge in [0.1, 0.15) is 0 Å². The summed E-state index contributed by atoms with van der Waals surface area (Å²) >= 11 is 0. The summed E-state index contributed by atoms with van der Waals surface area (Å²) in [7, 11) is 0. The van der Waals surface area contributed by atoms with Gasteiger partial charge in [0.05, 0.1) is 12.1 Å². The number of rotatable bonds is 3. The summed E-state index contributed by atoms with van der Waals surface area (Å²) in [6.45, 7) is 4.50. The number of carbonyl (C=O) groups is 1. The molecule has 2 atom stereocenters. The predicted octanol–water partition coefficient (Wildman–Crippen LogP) is 1.12. The third kappa shape index (κ3) is 1.59. The van der Waals surface area contributed by atoms with Crippen molar-refractivity contribution in [1.29, 1.82) is 0 Å². The lowest BCUT2D eigenvalue weighted by Crippen LogP contribution is -2.50. The normalized spacial score (nSPS) is 37.6. The summed E-state index contributed by atoms with van der Waals surface area (Å²) in [5.41, 5.74) is -0.210. The number of Topliss-reactive ketones (excluding diaryl/α,β-unsaturated/α-hetero) is 1. The molecule has 2 heterocycles. The highest BCUT2D eigenvalue weighted by atomic mass is 16.5. The number of ether oxygens (including phenoxy) is 1. The molecule has 1 N–H and O–H groups in total. The highest BCUT2D eigenvalue weighted by Gasteiger charge is 2.43. The van der Waals surface area contributed by atoms with E-state index in [1.165, 1.54) is 0 Å². The molecule has 0 saturated carbocycles. The van der Waals surface area contributed by atoms with Crippen LogP contribution in [0.1, 0.15) is 32.6 Å². The lowest BCUT2D eigenvalue weighted by molar-refractivity contribution is -0.129. The molecule has 14 heavy (non-hydrogen) atoms. The fourth-order valence-electron chi connectivity index (χ4n) is 2.62. The van der Waals surface area contributed by atoms with Crippen LogP contribution < -0.4 is 5.32 Å². The zero-order valence-electron chi connectivity index (χ0n) is 8.84. The van der Waals surface area contributed by atoms with Gasteiger partial charge in [-0.25, -0.2) is 0 Å². The van der Waals surface area contributed by atoms with E-state index < -0.39 is 0 Å². The lowest BCUT2D eigenvalue weighted by Gasteiger charge is -2.28. The van der Waals surface area contributed by atoms with Crippen molar-refractivity contribution in [3.05, 3.63) is 0 Å². The Bertz CT molecular complexity index is 215. The van der Waals surface area contributed by atoms with Crippen LogP contribution >= 0.6 is 0 Å². The molecular formula is C11H19NO2. The largest absolute Gasteiger partial charge is 0.381 e. The Kier molecular flexibility index (Phi) is 2.88. The molecule has 0 aromatic heterocycles. The molecule has 0 amide bonds. The van der Waals surface area contributed by atoms with Gasteiger partial charge in [-0.15, -0.1) is 0 Å². The molecule has 2 saturated heterocycles. The fraction of sp³-hybridized carbons (Fsp3) is 0.909. The van der Waals surface area contributed by atoms with E-state index in [2.05, 4.69) is 12.2 Å². The number of hydrogen-bond donors (Lipinski definition) is 1. The Hall–Kier alpha value is -0.410. The average molecular weight is 197 g/mol. The first-order valence-electron chi connectivity index (χ1n) is 5.65. The van der Waals surface area contributed by atoms with Crippen LogP contribution in [0.15, 0.2) is 0 Å². The van der Waals surface area contributed by atoms with Gasteiger partial charge in [-0.3, -0.25) is 4.79 Å². The average Bonchev–Trinajstić information content (AvgIpc) is 2.89. The summed E-state index contributed by atoms with van der Waals surface area (Å²) < 4.78 is 5.28. The Morgan fingerprint density at radius 1 is 1.64 bits per heavy atom. The molecule has 0 aromatic carbocycles. The highest BCUT2D eigenvalue weighted by molar-refractivity contribution is 5.91. The molecule has 0 spiro atoms. The van der Waals surface area contributed by atoms with E-state index in [-0.39, 0.29) is 11.5 Å². The van der Waals surface area contributed by atoms with Gasteiger partial charge in [-0.1, -0.05) is 6.92 Å². The predicted molar refractivity (Wildman–Crippen MR) is 54.2 cm³/mol. The molecule has 3 nitrogen and oxygen atoms in total. The molecule has 2 fully saturated rings. The zero-order chi connectivity index (χ0) is 10.0. The van der Waals surface area contributed by atoms with Gasteiger partial charge < -0.3 is 10.1 Å². The molecule has 2 unspecified atom stereocenters. The maximum absolute atomic E-state index is 12.3. The second-order valence-corrected chi connectivity index (χ2v) is 4.39. The Morgan fingerprint density at radius 2 is 2.50 bits per heavy atom. The van der Waals surface area contributed by atoms with Crippen molar-refractivity contribution >= 4 is 5.78 Å². The maximum Gasteiger partial charge on any atom is 0.158 e. The number of nitrogens with one attached hydrogen (secondary N) is 1. The first-order valence-corrected chi connectivity index (χ1v) is 5.65. The fourth-order valence-corrected chi connectivity index (χ4v) is 2.62. The second kappa shape index (κ2) is 3.99. The summed E-state index contributed by atoms with van der Waals surface area (Å²) in [6.07, 6.45) is 3.98. The van der Waals surface area contributed by atoms with Gasteiger partial charge in [0.15, 0.2) is 5.78 Å². The van der Waals surface area contributed by atoms with E-state index in [9.17, 15) is 4.79 Å². The van der Waals surface area contributed by atoms with E-state index in [1.54, 1.807) is 0 Å². The monoisotopic (exact) mass is 197 g/mol. The molecule has 0 aliphatic carbocycles. The van der Waals surface area contributed by atoms with Crippen LogP contribution in [-0.4, -0.2) is 31.1 Å². The van der Waals surface area contributed by atoms with E-state index in [4.69, 9.17) is 4.74 Å². The lowest BCUT2D eigenvalue weighted by atomic mass is 9.82. The maximum atomic E-state index is 12.3. The molecule has 0 radical (unpaired) electrons. The van der Waals surface area contributed by atoms with E-state index in [0.29, 0.717) is 12.4 Å². The minimum absolute atomic E-state index is 0.153. The van der Waals surface area contributed by atoms with Gasteiger partial charge in [0, 0.05) is 12.5 Å². The van der Waals surface area contributed by atoms with Crippen molar-refractivity contribution in [1.82, 2.24) is 5.32 Å². The van der Waals surface area contributed by atoms with Crippen LogP contribution in [0.3, 0.4) is 0 Å². The summed E-state index contributed by atoms with van der Waals surface area (Å²) in [4.78, 5) is 12.3. The molecule has 2 rings (SSSR count). The van der Waals surface area contributed by atoms with E-state index in [0.717, 1.165) is 38.8 Å². The molecule has 2 aliphatic rings. The van der Waals surface area contributed by atoms with Crippen molar-refractivity contribution in [2.24, 2.45) is 5.92 Å². The van der Waals surface area contributed by atoms with E-state index in [1.807, 2.05) is 0 Å². The first kappa shape index (κ1) is 10.1. The van der Waals surface area contributed by atoms with Crippen LogP contribution in [0.5, 0.6) is 0 Å². The van der Waals surface area contributed by atoms with Gasteiger partial charge in [0.2, 0.25) is 0 Å². The number of ketones is 1. The molecule has 2 aliphatic heterocycles. The van der Waals surface area contributed by atoms with Crippen molar-refractivity contribution < 1.29 is 9.53 Å². The molecule has 80 valence electrons. The first-order chi connectivity index (χ1) is 6.78. The summed E-state index contributed by atoms with van der Waals surface area (Å²) in [5, 5.41) is 3.39. The van der Waals surface area contributed by atoms with Crippen LogP contribution in [0.25, 0.3) is 0 Å². The van der Waals surface area contributed by atoms with Crippen molar-refractivity contribution in [3.63, 3.8) is 0 Å². The van der Waals surface area contributed by atoms with Crippen molar-refractivity contribution in [3.8, 4) is 0 Å². The number of carbonyl (C=O) groups excluding carboxylic acids is 1. The minimum Gasteiger partial charge on any atom is -0.381 e. The van der Waals surface area contributed by atoms with Crippen molar-refractivity contribution in [2.75, 3.05) is 19.8 Å². The SMILES string of the molecule is CCC1(C(=O)C2CCOC2)CCCN1. The Morgan fingerprint density at radius 3 is 3.00 bits per heavy atom. The minimum atomic E-state index is -0.210. The zero-order valence-corrected chi connectivity index (χ0v) is 8.84. The van der Waals surface area contributed by atoms with Crippen LogP contribution in [0, 0.1) is 5.92 Å². The molecule has 0 aromatic rings.